The van der Waals surface area contributed by atoms with Crippen molar-refractivity contribution in [3.63, 3.8) is 0 Å². The molecule has 100 valence electrons. The molecule has 1 aliphatic heterocycles. The van der Waals surface area contributed by atoms with Gasteiger partial charge in [0.1, 0.15) is 17.3 Å². The summed E-state index contributed by atoms with van der Waals surface area (Å²) in [6.07, 6.45) is 0.747. The lowest BCUT2D eigenvalue weighted by atomic mass is 10.0. The molecule has 1 aliphatic rings. The summed E-state index contributed by atoms with van der Waals surface area (Å²) in [6, 6.07) is 6.57. The largest absolute Gasteiger partial charge is 0.395 e. The lowest BCUT2D eigenvalue weighted by Gasteiger charge is -2.25. The quantitative estimate of drug-likeness (QED) is 0.917. The zero-order chi connectivity index (χ0) is 13.2. The molecule has 3 rings (SSSR count). The van der Waals surface area contributed by atoms with Gasteiger partial charge in [0.25, 0.3) is 0 Å². The highest BCUT2D eigenvalue weighted by atomic mass is 19.1. The number of hydrogen-bond acceptors (Lipinski definition) is 4. The van der Waals surface area contributed by atoms with E-state index in [9.17, 15) is 4.39 Å². The number of aliphatic hydroxyl groups excluding tert-OH is 1. The Labute approximate surface area is 110 Å². The van der Waals surface area contributed by atoms with Gasteiger partial charge in [-0.15, -0.1) is 0 Å². The highest BCUT2D eigenvalue weighted by Gasteiger charge is 2.25. The second-order valence-corrected chi connectivity index (χ2v) is 4.66. The van der Waals surface area contributed by atoms with Crippen LogP contribution < -0.4 is 0 Å². The molecule has 1 aromatic carbocycles. The SMILES string of the molecule is OCCN1CCc2onc(-c3ccccc3F)c2C1. The van der Waals surface area contributed by atoms with E-state index < -0.39 is 0 Å². The van der Waals surface area contributed by atoms with Gasteiger partial charge in [0.05, 0.1) is 6.61 Å². The van der Waals surface area contributed by atoms with Gasteiger partial charge < -0.3 is 9.63 Å². The van der Waals surface area contributed by atoms with Gasteiger partial charge in [0.2, 0.25) is 0 Å². The second kappa shape index (κ2) is 5.11. The first-order chi connectivity index (χ1) is 9.29. The van der Waals surface area contributed by atoms with Crippen LogP contribution in [0.3, 0.4) is 0 Å². The molecule has 4 nitrogen and oxygen atoms in total. The van der Waals surface area contributed by atoms with Crippen LogP contribution >= 0.6 is 0 Å². The fourth-order valence-corrected chi connectivity index (χ4v) is 2.46. The lowest BCUT2D eigenvalue weighted by Crippen LogP contribution is -2.32. The Balaban J connectivity index is 1.97. The molecule has 0 saturated carbocycles. The molecule has 0 unspecified atom stereocenters. The molecule has 1 N–H and O–H groups in total. The molecule has 19 heavy (non-hydrogen) atoms. The fourth-order valence-electron chi connectivity index (χ4n) is 2.46. The van der Waals surface area contributed by atoms with Gasteiger partial charge in [-0.1, -0.05) is 17.3 Å². The monoisotopic (exact) mass is 262 g/mol. The van der Waals surface area contributed by atoms with Crippen LogP contribution in [0.5, 0.6) is 0 Å². The van der Waals surface area contributed by atoms with Crippen molar-refractivity contribution in [3.05, 3.63) is 41.4 Å². The highest BCUT2D eigenvalue weighted by Crippen LogP contribution is 2.31. The van der Waals surface area contributed by atoms with Crippen molar-refractivity contribution in [1.29, 1.82) is 0 Å². The van der Waals surface area contributed by atoms with Crippen LogP contribution in [0.25, 0.3) is 11.3 Å². The first-order valence-electron chi connectivity index (χ1n) is 6.35. The highest BCUT2D eigenvalue weighted by molar-refractivity contribution is 5.64. The molecule has 0 saturated heterocycles. The topological polar surface area (TPSA) is 49.5 Å². The molecule has 0 bridgehead atoms. The summed E-state index contributed by atoms with van der Waals surface area (Å²) >= 11 is 0. The molecule has 0 aliphatic carbocycles. The van der Waals surface area contributed by atoms with Gasteiger partial charge in [0, 0.05) is 37.2 Å². The van der Waals surface area contributed by atoms with E-state index in [2.05, 4.69) is 10.1 Å². The first kappa shape index (κ1) is 12.3. The number of halogens is 1. The Kier molecular flexibility index (Phi) is 3.31. The minimum Gasteiger partial charge on any atom is -0.395 e. The maximum Gasteiger partial charge on any atom is 0.143 e. The van der Waals surface area contributed by atoms with Gasteiger partial charge in [-0.25, -0.2) is 4.39 Å². The van der Waals surface area contributed by atoms with Gasteiger partial charge in [-0.3, -0.25) is 4.90 Å². The smallest absolute Gasteiger partial charge is 0.143 e. The molecule has 0 amide bonds. The van der Waals surface area contributed by atoms with Crippen LogP contribution in [0.1, 0.15) is 11.3 Å². The van der Waals surface area contributed by atoms with Crippen molar-refractivity contribution >= 4 is 0 Å². The molecule has 5 heteroatoms. The van der Waals surface area contributed by atoms with Gasteiger partial charge >= 0.3 is 0 Å². The van der Waals surface area contributed by atoms with E-state index in [1.165, 1.54) is 6.07 Å². The summed E-state index contributed by atoms with van der Waals surface area (Å²) in [7, 11) is 0. The van der Waals surface area contributed by atoms with Crippen molar-refractivity contribution in [1.82, 2.24) is 10.1 Å². The van der Waals surface area contributed by atoms with E-state index in [0.717, 1.165) is 24.3 Å². The van der Waals surface area contributed by atoms with Crippen LogP contribution in [0, 0.1) is 5.82 Å². The standard InChI is InChI=1S/C14H15FN2O2/c15-12-4-2-1-3-10(12)14-11-9-17(7-8-18)6-5-13(11)19-16-14/h1-4,18H,5-9H2. The summed E-state index contributed by atoms with van der Waals surface area (Å²) < 4.78 is 19.1. The zero-order valence-corrected chi connectivity index (χ0v) is 10.5. The average Bonchev–Trinajstić information content (AvgIpc) is 2.83. The summed E-state index contributed by atoms with van der Waals surface area (Å²) in [5, 5.41) is 13.0. The van der Waals surface area contributed by atoms with Crippen LogP contribution in [0.4, 0.5) is 4.39 Å². The van der Waals surface area contributed by atoms with Crippen molar-refractivity contribution in [2.24, 2.45) is 0 Å². The number of rotatable bonds is 3. The van der Waals surface area contributed by atoms with Crippen LogP contribution in [0.15, 0.2) is 28.8 Å². The molecule has 0 atom stereocenters. The van der Waals surface area contributed by atoms with Crippen LogP contribution in [0.2, 0.25) is 0 Å². The predicted molar refractivity (Wildman–Crippen MR) is 68.0 cm³/mol. The third-order valence-corrected chi connectivity index (χ3v) is 3.45. The summed E-state index contributed by atoms with van der Waals surface area (Å²) in [6.45, 7) is 2.21. The zero-order valence-electron chi connectivity index (χ0n) is 10.5. The van der Waals surface area contributed by atoms with Gasteiger partial charge in [-0.2, -0.15) is 0 Å². The Morgan fingerprint density at radius 3 is 3.00 bits per heavy atom. The second-order valence-electron chi connectivity index (χ2n) is 4.66. The molecule has 1 aromatic heterocycles. The van der Waals surface area contributed by atoms with E-state index in [1.54, 1.807) is 18.2 Å². The minimum atomic E-state index is -0.294. The van der Waals surface area contributed by atoms with Crippen molar-refractivity contribution in [3.8, 4) is 11.3 Å². The Bertz CT molecular complexity index is 583. The minimum absolute atomic E-state index is 0.121. The van der Waals surface area contributed by atoms with Crippen molar-refractivity contribution in [2.45, 2.75) is 13.0 Å². The van der Waals surface area contributed by atoms with E-state index in [-0.39, 0.29) is 12.4 Å². The van der Waals surface area contributed by atoms with E-state index in [0.29, 0.717) is 24.3 Å². The molecule has 0 radical (unpaired) electrons. The maximum atomic E-state index is 13.8. The third kappa shape index (κ3) is 2.27. The fraction of sp³-hybridized carbons (Fsp3) is 0.357. The molecule has 0 spiro atoms. The number of fused-ring (bicyclic) bond motifs is 1. The molecule has 2 aromatic rings. The number of aromatic nitrogens is 1. The predicted octanol–water partition coefficient (Wildman–Crippen LogP) is 1.83. The summed E-state index contributed by atoms with van der Waals surface area (Å²) in [4.78, 5) is 2.11. The average molecular weight is 262 g/mol. The number of benzene rings is 1. The normalized spacial score (nSPS) is 15.5. The number of β-amino-alcohol motifs (C(OH)–C–C–N with tert-alkyl or cyclic N) is 1. The van der Waals surface area contributed by atoms with E-state index in [4.69, 9.17) is 9.63 Å². The summed E-state index contributed by atoms with van der Waals surface area (Å²) in [5.74, 6) is 0.533. The molecule has 2 heterocycles. The molecular formula is C14H15FN2O2. The Morgan fingerprint density at radius 2 is 2.21 bits per heavy atom. The first-order valence-corrected chi connectivity index (χ1v) is 6.35. The summed E-state index contributed by atoms with van der Waals surface area (Å²) in [5.41, 5.74) is 1.99. The van der Waals surface area contributed by atoms with Crippen LogP contribution in [-0.2, 0) is 13.0 Å². The van der Waals surface area contributed by atoms with Gasteiger partial charge in [0.15, 0.2) is 0 Å². The molecular weight excluding hydrogens is 247 g/mol. The lowest BCUT2D eigenvalue weighted by molar-refractivity contribution is 0.178. The van der Waals surface area contributed by atoms with Crippen LogP contribution in [-0.4, -0.2) is 34.9 Å². The van der Waals surface area contributed by atoms with E-state index >= 15 is 0 Å². The third-order valence-electron chi connectivity index (χ3n) is 3.45. The number of nitrogens with zero attached hydrogens (tertiary/aromatic N) is 2. The molecule has 0 fully saturated rings. The maximum absolute atomic E-state index is 13.8. The number of aliphatic hydroxyl groups is 1. The Morgan fingerprint density at radius 1 is 1.37 bits per heavy atom. The van der Waals surface area contributed by atoms with E-state index in [1.807, 2.05) is 0 Å². The van der Waals surface area contributed by atoms with Crippen molar-refractivity contribution < 1.29 is 14.0 Å². The van der Waals surface area contributed by atoms with Gasteiger partial charge in [-0.05, 0) is 12.1 Å². The Hall–Kier alpha value is -1.72. The van der Waals surface area contributed by atoms with Crippen molar-refractivity contribution in [2.75, 3.05) is 19.7 Å². The number of hydrogen-bond donors (Lipinski definition) is 1.